The summed E-state index contributed by atoms with van der Waals surface area (Å²) in [6.45, 7) is 2.86. The number of carboxylic acids is 1. The van der Waals surface area contributed by atoms with Gasteiger partial charge in [-0.05, 0) is 49.7 Å². The summed E-state index contributed by atoms with van der Waals surface area (Å²) >= 11 is 0.657. The maximum Gasteiger partial charge on any atom is 0.426 e. The number of hydrogen-bond donors (Lipinski definition) is 2. The normalized spacial score (nSPS) is 13.2. The molecule has 0 radical (unpaired) electrons. The van der Waals surface area contributed by atoms with E-state index in [2.05, 4.69) is 0 Å². The monoisotopic (exact) mass is 503 g/mol. The number of thiophene rings is 1. The summed E-state index contributed by atoms with van der Waals surface area (Å²) in [6.07, 6.45) is -5.72. The van der Waals surface area contributed by atoms with Gasteiger partial charge in [0.2, 0.25) is 0 Å². The maximum atomic E-state index is 13.6. The summed E-state index contributed by atoms with van der Waals surface area (Å²) in [5.41, 5.74) is 0.413. The average molecular weight is 504 g/mol. The molecule has 0 aliphatic heterocycles. The van der Waals surface area contributed by atoms with Crippen LogP contribution in [0, 0.1) is 5.41 Å². The van der Waals surface area contributed by atoms with E-state index in [0.717, 1.165) is 5.52 Å². The highest BCUT2D eigenvalue weighted by Gasteiger charge is 2.38. The molecular weight excluding hydrogens is 479 g/mol. The van der Waals surface area contributed by atoms with Gasteiger partial charge in [-0.25, -0.2) is 0 Å². The van der Waals surface area contributed by atoms with Crippen LogP contribution < -0.4 is 4.74 Å². The smallest absolute Gasteiger partial charge is 0.426 e. The van der Waals surface area contributed by atoms with Crippen molar-refractivity contribution >= 4 is 28.2 Å². The molecule has 4 aromatic rings. The predicted molar refractivity (Wildman–Crippen MR) is 128 cm³/mol. The number of fused-ring (bicyclic) bond motifs is 1. The number of aliphatic hydroxyl groups is 1. The Hall–Kier alpha value is -3.30. The molecule has 0 bridgehead atoms. The molecule has 0 aliphatic rings. The number of carbonyl (C=O) groups is 1. The quantitative estimate of drug-likeness (QED) is 0.296. The minimum atomic E-state index is -4.47. The number of aryl methyl sites for hydroxylation is 1. The van der Waals surface area contributed by atoms with Gasteiger partial charge in [0.15, 0.2) is 0 Å². The van der Waals surface area contributed by atoms with Crippen molar-refractivity contribution < 1.29 is 32.9 Å². The molecular formula is C26H24F3NO4S. The Morgan fingerprint density at radius 3 is 2.40 bits per heavy atom. The third kappa shape index (κ3) is 4.78. The molecule has 184 valence electrons. The summed E-state index contributed by atoms with van der Waals surface area (Å²) in [5.74, 6) is -0.673. The number of carboxylic acid groups (broad SMARTS) is 1. The molecule has 0 saturated heterocycles. The molecule has 0 spiro atoms. The molecule has 1 atom stereocenters. The van der Waals surface area contributed by atoms with Gasteiger partial charge in [0.05, 0.1) is 5.41 Å². The molecule has 5 nitrogen and oxygen atoms in total. The van der Waals surface area contributed by atoms with Gasteiger partial charge in [0, 0.05) is 34.1 Å². The molecule has 1 unspecified atom stereocenters. The Morgan fingerprint density at radius 2 is 1.77 bits per heavy atom. The van der Waals surface area contributed by atoms with Crippen LogP contribution in [0.4, 0.5) is 13.2 Å². The first-order chi connectivity index (χ1) is 16.4. The number of aliphatic carboxylic acids is 1. The molecule has 9 heteroatoms. The number of nitrogens with zero attached hydrogens (tertiary/aromatic N) is 1. The average Bonchev–Trinajstić information content (AvgIpc) is 3.39. The van der Waals surface area contributed by atoms with E-state index in [1.54, 1.807) is 66.2 Å². The lowest BCUT2D eigenvalue weighted by Crippen LogP contribution is -2.32. The van der Waals surface area contributed by atoms with E-state index in [0.29, 0.717) is 38.6 Å². The van der Waals surface area contributed by atoms with Crippen molar-refractivity contribution in [1.29, 1.82) is 0 Å². The van der Waals surface area contributed by atoms with Crippen LogP contribution in [0.2, 0.25) is 0 Å². The van der Waals surface area contributed by atoms with Crippen LogP contribution >= 0.6 is 11.3 Å². The van der Waals surface area contributed by atoms with Crippen LogP contribution in [0.5, 0.6) is 5.75 Å². The Bertz CT molecular complexity index is 1370. The van der Waals surface area contributed by atoms with Gasteiger partial charge in [-0.3, -0.25) is 4.79 Å². The fourth-order valence-electron chi connectivity index (χ4n) is 3.90. The zero-order valence-corrected chi connectivity index (χ0v) is 20.1. The first-order valence-corrected chi connectivity index (χ1v) is 11.6. The molecule has 2 N–H and O–H groups in total. The Kier molecular flexibility index (Phi) is 6.42. The van der Waals surface area contributed by atoms with Crippen molar-refractivity contribution in [3.63, 3.8) is 0 Å². The van der Waals surface area contributed by atoms with Crippen molar-refractivity contribution in [2.45, 2.75) is 32.7 Å². The Labute approximate surface area is 204 Å². The standard InChI is InChI=1S/C26H24F3NO4S/c1-25(2,24(32)33)22(31)21-12-16-11-17(9-10-20(16)30(21)3)34-14-18-13-19(15-7-5-4-6-8-15)23(35-18)26(27,28)29/h4-13,22,31H,14H2,1-3H3,(H,32,33). The van der Waals surface area contributed by atoms with Gasteiger partial charge >= 0.3 is 12.1 Å². The van der Waals surface area contributed by atoms with Crippen molar-refractivity contribution in [3.05, 3.63) is 76.1 Å². The van der Waals surface area contributed by atoms with Gasteiger partial charge < -0.3 is 19.5 Å². The Balaban J connectivity index is 1.59. The second-order valence-corrected chi connectivity index (χ2v) is 10.0. The second kappa shape index (κ2) is 9.05. The van der Waals surface area contributed by atoms with Gasteiger partial charge in [-0.15, -0.1) is 11.3 Å². The minimum absolute atomic E-state index is 0.0412. The summed E-state index contributed by atoms with van der Waals surface area (Å²) in [4.78, 5) is 11.3. The highest BCUT2D eigenvalue weighted by Crippen LogP contribution is 2.43. The van der Waals surface area contributed by atoms with Crippen LogP contribution in [-0.2, 0) is 24.6 Å². The molecule has 0 saturated carbocycles. The van der Waals surface area contributed by atoms with E-state index in [-0.39, 0.29) is 12.2 Å². The third-order valence-electron chi connectivity index (χ3n) is 6.07. The summed E-state index contributed by atoms with van der Waals surface area (Å²) in [6, 6.07) is 16.8. The summed E-state index contributed by atoms with van der Waals surface area (Å²) < 4.78 is 48.4. The van der Waals surface area contributed by atoms with Gasteiger partial charge in [0.25, 0.3) is 0 Å². The summed E-state index contributed by atoms with van der Waals surface area (Å²) in [5, 5.41) is 20.8. The van der Waals surface area contributed by atoms with Crippen molar-refractivity contribution in [2.24, 2.45) is 12.5 Å². The third-order valence-corrected chi connectivity index (χ3v) is 7.23. The zero-order valence-electron chi connectivity index (χ0n) is 19.3. The molecule has 2 aromatic carbocycles. The van der Waals surface area contributed by atoms with E-state index in [4.69, 9.17) is 4.74 Å². The maximum absolute atomic E-state index is 13.6. The van der Waals surface area contributed by atoms with Crippen LogP contribution in [0.25, 0.3) is 22.0 Å². The second-order valence-electron chi connectivity index (χ2n) is 8.89. The minimum Gasteiger partial charge on any atom is -0.488 e. The lowest BCUT2D eigenvalue weighted by Gasteiger charge is -2.26. The molecule has 4 rings (SSSR count). The van der Waals surface area contributed by atoms with E-state index in [1.165, 1.54) is 19.9 Å². The first kappa shape index (κ1) is 24.8. The highest BCUT2D eigenvalue weighted by atomic mass is 32.1. The van der Waals surface area contributed by atoms with Gasteiger partial charge in [-0.1, -0.05) is 30.3 Å². The number of rotatable bonds is 7. The number of benzene rings is 2. The molecule has 2 heterocycles. The SMILES string of the molecule is Cn1c(C(O)C(C)(C)C(=O)O)cc2cc(OCc3cc(-c4ccccc4)c(C(F)(F)F)s3)ccc21. The molecule has 2 aromatic heterocycles. The van der Waals surface area contributed by atoms with Crippen LogP contribution in [0.1, 0.15) is 35.4 Å². The Morgan fingerprint density at radius 1 is 1.09 bits per heavy atom. The number of halogens is 3. The van der Waals surface area contributed by atoms with Crippen LogP contribution in [-0.4, -0.2) is 20.7 Å². The molecule has 0 amide bonds. The lowest BCUT2D eigenvalue weighted by molar-refractivity contribution is -0.154. The topological polar surface area (TPSA) is 71.7 Å². The number of aliphatic hydroxyl groups excluding tert-OH is 1. The summed E-state index contributed by atoms with van der Waals surface area (Å²) in [7, 11) is 1.73. The molecule has 0 fully saturated rings. The van der Waals surface area contributed by atoms with E-state index >= 15 is 0 Å². The zero-order chi connectivity index (χ0) is 25.5. The van der Waals surface area contributed by atoms with E-state index in [1.807, 2.05) is 0 Å². The number of hydrogen-bond acceptors (Lipinski definition) is 4. The number of aromatic nitrogens is 1. The molecule has 0 aliphatic carbocycles. The first-order valence-electron chi connectivity index (χ1n) is 10.8. The largest absolute Gasteiger partial charge is 0.488 e. The highest BCUT2D eigenvalue weighted by molar-refractivity contribution is 7.12. The number of ether oxygens (including phenoxy) is 1. The number of alkyl halides is 3. The van der Waals surface area contributed by atoms with Crippen LogP contribution in [0.3, 0.4) is 0 Å². The fourth-order valence-corrected chi connectivity index (χ4v) is 4.86. The van der Waals surface area contributed by atoms with Crippen molar-refractivity contribution in [2.75, 3.05) is 0 Å². The fraction of sp³-hybridized carbons (Fsp3) is 0.269. The van der Waals surface area contributed by atoms with Gasteiger partial charge in [0.1, 0.15) is 23.3 Å². The predicted octanol–water partition coefficient (Wildman–Crippen LogP) is 6.65. The van der Waals surface area contributed by atoms with Gasteiger partial charge in [-0.2, -0.15) is 13.2 Å². The lowest BCUT2D eigenvalue weighted by atomic mass is 9.85. The van der Waals surface area contributed by atoms with E-state index < -0.39 is 28.5 Å². The van der Waals surface area contributed by atoms with Crippen molar-refractivity contribution in [1.82, 2.24) is 4.57 Å². The van der Waals surface area contributed by atoms with E-state index in [9.17, 15) is 28.2 Å². The van der Waals surface area contributed by atoms with Crippen LogP contribution in [0.15, 0.2) is 60.7 Å². The molecule has 35 heavy (non-hydrogen) atoms. The van der Waals surface area contributed by atoms with Crippen molar-refractivity contribution in [3.8, 4) is 16.9 Å².